The van der Waals surface area contributed by atoms with Crippen molar-refractivity contribution in [1.82, 2.24) is 10.2 Å². The summed E-state index contributed by atoms with van der Waals surface area (Å²) in [6.07, 6.45) is 0.458. The number of carbonyl (C=O) groups excluding carboxylic acids is 1. The molecule has 1 aliphatic heterocycles. The third-order valence-electron chi connectivity index (χ3n) is 4.11. The third-order valence-corrected chi connectivity index (χ3v) is 4.11. The maximum atomic E-state index is 13.6. The molecule has 0 spiro atoms. The van der Waals surface area contributed by atoms with Gasteiger partial charge in [-0.15, -0.1) is 0 Å². The van der Waals surface area contributed by atoms with Gasteiger partial charge in [-0.25, -0.2) is 9.18 Å². The molecule has 0 bridgehead atoms. The van der Waals surface area contributed by atoms with Crippen LogP contribution < -0.4 is 14.8 Å². The number of rotatable bonds is 6. The van der Waals surface area contributed by atoms with E-state index in [2.05, 4.69) is 5.32 Å². The quantitative estimate of drug-likeness (QED) is 0.874. The highest BCUT2D eigenvalue weighted by Gasteiger charge is 2.16. The van der Waals surface area contributed by atoms with Crippen molar-refractivity contribution in [2.45, 2.75) is 19.9 Å². The summed E-state index contributed by atoms with van der Waals surface area (Å²) in [5, 5.41) is 2.85. The lowest BCUT2D eigenvalue weighted by Crippen LogP contribution is -2.40. The molecule has 0 radical (unpaired) electrons. The highest BCUT2D eigenvalue weighted by molar-refractivity contribution is 5.74. The second kappa shape index (κ2) is 7.88. The fourth-order valence-corrected chi connectivity index (χ4v) is 2.70. The average Bonchev–Trinajstić information content (AvgIpc) is 3.09. The van der Waals surface area contributed by atoms with Crippen LogP contribution in [0.15, 0.2) is 42.5 Å². The standard InChI is InChI=1S/C19H21FN2O3/c1-2-22(12-14-7-8-17-18(11-14)25-13-24-17)19(23)21-10-9-15-5-3-4-6-16(15)20/h3-8,11H,2,9-10,12-13H2,1H3,(H,21,23). The molecular weight excluding hydrogens is 323 g/mol. The number of hydrogen-bond donors (Lipinski definition) is 1. The molecule has 2 amide bonds. The molecule has 3 rings (SSSR count). The predicted octanol–water partition coefficient (Wildman–Crippen LogP) is 3.33. The largest absolute Gasteiger partial charge is 0.454 e. The Kier molecular flexibility index (Phi) is 5.38. The van der Waals surface area contributed by atoms with Gasteiger partial charge in [0.25, 0.3) is 0 Å². The first-order valence-corrected chi connectivity index (χ1v) is 8.32. The van der Waals surface area contributed by atoms with Gasteiger partial charge in [0, 0.05) is 19.6 Å². The number of halogens is 1. The molecule has 132 valence electrons. The van der Waals surface area contributed by atoms with Crippen LogP contribution in [0.4, 0.5) is 9.18 Å². The van der Waals surface area contributed by atoms with Crippen LogP contribution in [0.1, 0.15) is 18.1 Å². The number of nitrogens with one attached hydrogen (secondary N) is 1. The van der Waals surface area contributed by atoms with Gasteiger partial charge in [0.2, 0.25) is 6.79 Å². The summed E-state index contributed by atoms with van der Waals surface area (Å²) in [6.45, 7) is 3.58. The van der Waals surface area contributed by atoms with Crippen molar-refractivity contribution in [2.24, 2.45) is 0 Å². The van der Waals surface area contributed by atoms with E-state index in [1.54, 1.807) is 23.1 Å². The molecule has 0 aliphatic carbocycles. The molecule has 1 aliphatic rings. The number of amides is 2. The first kappa shape index (κ1) is 17.1. The molecule has 0 fully saturated rings. The van der Waals surface area contributed by atoms with Gasteiger partial charge in [-0.1, -0.05) is 24.3 Å². The first-order chi connectivity index (χ1) is 12.2. The van der Waals surface area contributed by atoms with Crippen molar-refractivity contribution in [3.8, 4) is 11.5 Å². The van der Waals surface area contributed by atoms with Crippen LogP contribution in [0.5, 0.6) is 11.5 Å². The molecule has 6 heteroatoms. The van der Waals surface area contributed by atoms with Crippen LogP contribution in [0.2, 0.25) is 0 Å². The zero-order valence-electron chi connectivity index (χ0n) is 14.1. The summed E-state index contributed by atoms with van der Waals surface area (Å²) in [7, 11) is 0. The molecule has 1 N–H and O–H groups in total. The summed E-state index contributed by atoms with van der Waals surface area (Å²) in [5.41, 5.74) is 1.57. The van der Waals surface area contributed by atoms with E-state index >= 15 is 0 Å². The van der Waals surface area contributed by atoms with Gasteiger partial charge in [0.05, 0.1) is 0 Å². The summed E-state index contributed by atoms with van der Waals surface area (Å²) in [6, 6.07) is 12.1. The van der Waals surface area contributed by atoms with E-state index in [-0.39, 0.29) is 18.6 Å². The van der Waals surface area contributed by atoms with Crippen molar-refractivity contribution in [3.63, 3.8) is 0 Å². The number of urea groups is 1. The monoisotopic (exact) mass is 344 g/mol. The molecular formula is C19H21FN2O3. The first-order valence-electron chi connectivity index (χ1n) is 8.32. The Balaban J connectivity index is 1.53. The third kappa shape index (κ3) is 4.21. The van der Waals surface area contributed by atoms with Crippen LogP contribution in [-0.2, 0) is 13.0 Å². The van der Waals surface area contributed by atoms with E-state index in [1.165, 1.54) is 6.07 Å². The average molecular weight is 344 g/mol. The van der Waals surface area contributed by atoms with Crippen molar-refractivity contribution in [1.29, 1.82) is 0 Å². The lowest BCUT2D eigenvalue weighted by Gasteiger charge is -2.21. The lowest BCUT2D eigenvalue weighted by atomic mass is 10.1. The number of fused-ring (bicyclic) bond motifs is 1. The van der Waals surface area contributed by atoms with Crippen molar-refractivity contribution < 1.29 is 18.7 Å². The Bertz CT molecular complexity index is 751. The maximum Gasteiger partial charge on any atom is 0.317 e. The van der Waals surface area contributed by atoms with Gasteiger partial charge < -0.3 is 19.7 Å². The van der Waals surface area contributed by atoms with E-state index in [0.717, 1.165) is 11.3 Å². The smallest absolute Gasteiger partial charge is 0.317 e. The van der Waals surface area contributed by atoms with E-state index in [0.29, 0.717) is 37.4 Å². The predicted molar refractivity (Wildman–Crippen MR) is 92.2 cm³/mol. The molecule has 5 nitrogen and oxygen atoms in total. The maximum absolute atomic E-state index is 13.6. The minimum Gasteiger partial charge on any atom is -0.454 e. The summed E-state index contributed by atoms with van der Waals surface area (Å²) in [4.78, 5) is 14.0. The van der Waals surface area contributed by atoms with Crippen LogP contribution in [0.3, 0.4) is 0 Å². The van der Waals surface area contributed by atoms with Gasteiger partial charge in [-0.05, 0) is 42.7 Å². The second-order valence-corrected chi connectivity index (χ2v) is 5.78. The Labute approximate surface area is 146 Å². The van der Waals surface area contributed by atoms with Gasteiger partial charge in [0.15, 0.2) is 11.5 Å². The van der Waals surface area contributed by atoms with Gasteiger partial charge in [0.1, 0.15) is 5.82 Å². The van der Waals surface area contributed by atoms with Gasteiger partial charge in [-0.3, -0.25) is 0 Å². The molecule has 25 heavy (non-hydrogen) atoms. The topological polar surface area (TPSA) is 50.8 Å². The van der Waals surface area contributed by atoms with E-state index in [9.17, 15) is 9.18 Å². The SMILES string of the molecule is CCN(Cc1ccc2c(c1)OCO2)C(=O)NCCc1ccccc1F. The van der Waals surface area contributed by atoms with Crippen molar-refractivity contribution in [2.75, 3.05) is 19.9 Å². The molecule has 0 unspecified atom stereocenters. The number of ether oxygens (including phenoxy) is 2. The van der Waals surface area contributed by atoms with Crippen LogP contribution >= 0.6 is 0 Å². The molecule has 1 heterocycles. The Morgan fingerprint density at radius 1 is 1.20 bits per heavy atom. The van der Waals surface area contributed by atoms with Crippen LogP contribution in [0, 0.1) is 5.82 Å². The lowest BCUT2D eigenvalue weighted by molar-refractivity contribution is 0.173. The summed E-state index contributed by atoms with van der Waals surface area (Å²) >= 11 is 0. The Morgan fingerprint density at radius 2 is 2.00 bits per heavy atom. The molecule has 0 saturated carbocycles. The van der Waals surface area contributed by atoms with E-state index in [4.69, 9.17) is 9.47 Å². The second-order valence-electron chi connectivity index (χ2n) is 5.78. The van der Waals surface area contributed by atoms with Crippen LogP contribution in [-0.4, -0.2) is 30.8 Å². The number of benzene rings is 2. The number of hydrogen-bond acceptors (Lipinski definition) is 3. The zero-order valence-corrected chi connectivity index (χ0v) is 14.1. The Hall–Kier alpha value is -2.76. The number of carbonyl (C=O) groups is 1. The van der Waals surface area contributed by atoms with Crippen LogP contribution in [0.25, 0.3) is 0 Å². The summed E-state index contributed by atoms with van der Waals surface area (Å²) in [5.74, 6) is 1.18. The minimum atomic E-state index is -0.246. The molecule has 2 aromatic carbocycles. The molecule has 0 saturated heterocycles. The highest BCUT2D eigenvalue weighted by Crippen LogP contribution is 2.32. The molecule has 0 atom stereocenters. The fourth-order valence-electron chi connectivity index (χ4n) is 2.70. The Morgan fingerprint density at radius 3 is 2.80 bits per heavy atom. The van der Waals surface area contributed by atoms with E-state index in [1.807, 2.05) is 25.1 Å². The minimum absolute atomic E-state index is 0.170. The molecule has 2 aromatic rings. The van der Waals surface area contributed by atoms with E-state index < -0.39 is 0 Å². The normalized spacial score (nSPS) is 12.1. The van der Waals surface area contributed by atoms with Crippen molar-refractivity contribution in [3.05, 3.63) is 59.4 Å². The number of nitrogens with zero attached hydrogens (tertiary/aromatic N) is 1. The summed E-state index contributed by atoms with van der Waals surface area (Å²) < 4.78 is 24.2. The highest BCUT2D eigenvalue weighted by atomic mass is 19.1. The zero-order chi connectivity index (χ0) is 17.6. The fraction of sp³-hybridized carbons (Fsp3) is 0.316. The van der Waals surface area contributed by atoms with Gasteiger partial charge in [-0.2, -0.15) is 0 Å². The molecule has 0 aromatic heterocycles. The van der Waals surface area contributed by atoms with Gasteiger partial charge >= 0.3 is 6.03 Å². The van der Waals surface area contributed by atoms with Crippen molar-refractivity contribution >= 4 is 6.03 Å².